The van der Waals surface area contributed by atoms with Gasteiger partial charge in [-0.25, -0.2) is 4.79 Å². The molecule has 20 heavy (non-hydrogen) atoms. The summed E-state index contributed by atoms with van der Waals surface area (Å²) >= 11 is 0. The van der Waals surface area contributed by atoms with Crippen molar-refractivity contribution in [3.05, 3.63) is 48.0 Å². The minimum Gasteiger partial charge on any atom is -0.458 e. The minimum atomic E-state index is -0.351. The molecule has 0 aliphatic carbocycles. The zero-order valence-corrected chi connectivity index (χ0v) is 12.1. The largest absolute Gasteiger partial charge is 0.458 e. The van der Waals surface area contributed by atoms with Crippen LogP contribution in [0, 0.1) is 0 Å². The Balaban J connectivity index is 2.37. The zero-order chi connectivity index (χ0) is 14.8. The van der Waals surface area contributed by atoms with Crippen LogP contribution in [0.1, 0.15) is 30.6 Å². The van der Waals surface area contributed by atoms with E-state index in [1.54, 1.807) is 24.3 Å². The molecule has 1 aromatic carbocycles. The van der Waals surface area contributed by atoms with Gasteiger partial charge >= 0.3 is 5.97 Å². The molecule has 0 unspecified atom stereocenters. The van der Waals surface area contributed by atoms with Crippen LogP contribution >= 0.6 is 0 Å². The number of rotatable bonds is 9. The molecular formula is C16H22O4. The summed E-state index contributed by atoms with van der Waals surface area (Å²) in [7, 11) is 0. The van der Waals surface area contributed by atoms with Crippen LogP contribution in [0.2, 0.25) is 0 Å². The van der Waals surface area contributed by atoms with E-state index in [1.165, 1.54) is 0 Å². The van der Waals surface area contributed by atoms with E-state index in [4.69, 9.17) is 14.2 Å². The normalized spacial score (nSPS) is 10.6. The molecule has 0 fully saturated rings. The highest BCUT2D eigenvalue weighted by Gasteiger charge is 2.12. The molecule has 0 aliphatic heterocycles. The van der Waals surface area contributed by atoms with Gasteiger partial charge in [0.2, 0.25) is 0 Å². The number of ether oxygens (including phenoxy) is 3. The molecule has 0 heterocycles. The number of benzene rings is 1. The van der Waals surface area contributed by atoms with E-state index in [0.717, 1.165) is 5.57 Å². The van der Waals surface area contributed by atoms with Gasteiger partial charge in [-0.2, -0.15) is 0 Å². The molecule has 0 atom stereocenters. The molecule has 0 aliphatic rings. The summed E-state index contributed by atoms with van der Waals surface area (Å²) in [5.41, 5.74) is 1.30. The molecule has 1 aromatic rings. The van der Waals surface area contributed by atoms with Gasteiger partial charge in [-0.15, -0.1) is 0 Å². The fraction of sp³-hybridized carbons (Fsp3) is 0.438. The highest BCUT2D eigenvalue weighted by atomic mass is 16.7. The summed E-state index contributed by atoms with van der Waals surface area (Å²) in [5, 5.41) is 0. The highest BCUT2D eigenvalue weighted by Crippen LogP contribution is 2.10. The minimum absolute atomic E-state index is 0.171. The van der Waals surface area contributed by atoms with Crippen molar-refractivity contribution in [3.63, 3.8) is 0 Å². The first-order valence-corrected chi connectivity index (χ1v) is 6.79. The molecule has 0 saturated heterocycles. The molecule has 0 aromatic heterocycles. The van der Waals surface area contributed by atoms with Crippen molar-refractivity contribution in [1.29, 1.82) is 0 Å². The Bertz CT molecular complexity index is 408. The maximum absolute atomic E-state index is 11.8. The average molecular weight is 278 g/mol. The third kappa shape index (κ3) is 5.99. The molecule has 0 amide bonds. The topological polar surface area (TPSA) is 44.8 Å². The van der Waals surface area contributed by atoms with E-state index >= 15 is 0 Å². The predicted octanol–water partition coefficient (Wildman–Crippen LogP) is 3.19. The summed E-state index contributed by atoms with van der Waals surface area (Å²) < 4.78 is 16.0. The lowest BCUT2D eigenvalue weighted by atomic mass is 10.2. The number of esters is 1. The van der Waals surface area contributed by atoms with Crippen LogP contribution in [0.4, 0.5) is 0 Å². The predicted molar refractivity (Wildman–Crippen MR) is 77.5 cm³/mol. The van der Waals surface area contributed by atoms with Crippen molar-refractivity contribution in [1.82, 2.24) is 0 Å². The first kappa shape index (κ1) is 16.4. The lowest BCUT2D eigenvalue weighted by Gasteiger charge is -2.18. The van der Waals surface area contributed by atoms with E-state index in [2.05, 4.69) is 6.58 Å². The van der Waals surface area contributed by atoms with Gasteiger partial charge in [0.25, 0.3) is 0 Å². The fourth-order valence-electron chi connectivity index (χ4n) is 1.66. The molecule has 0 bridgehead atoms. The van der Waals surface area contributed by atoms with E-state index in [0.29, 0.717) is 25.2 Å². The summed E-state index contributed by atoms with van der Waals surface area (Å²) in [4.78, 5) is 11.8. The van der Waals surface area contributed by atoms with Crippen molar-refractivity contribution < 1.29 is 19.0 Å². The Hall–Kier alpha value is -1.65. The molecule has 0 saturated carbocycles. The molecule has 0 spiro atoms. The van der Waals surface area contributed by atoms with Crippen molar-refractivity contribution in [2.45, 2.75) is 26.6 Å². The second-order valence-electron chi connectivity index (χ2n) is 4.24. The van der Waals surface area contributed by atoms with Gasteiger partial charge in [0.15, 0.2) is 6.29 Å². The van der Waals surface area contributed by atoms with Crippen LogP contribution < -0.4 is 0 Å². The van der Waals surface area contributed by atoms with Gasteiger partial charge in [0, 0.05) is 19.6 Å². The molecule has 110 valence electrons. The van der Waals surface area contributed by atoms with Gasteiger partial charge in [0.1, 0.15) is 6.61 Å². The zero-order valence-electron chi connectivity index (χ0n) is 12.1. The molecule has 0 radical (unpaired) electrons. The summed E-state index contributed by atoms with van der Waals surface area (Å²) in [6.45, 7) is 9.01. The summed E-state index contributed by atoms with van der Waals surface area (Å²) in [5.74, 6) is -0.351. The van der Waals surface area contributed by atoms with Crippen LogP contribution in [0.5, 0.6) is 0 Å². The number of hydrogen-bond acceptors (Lipinski definition) is 4. The molecular weight excluding hydrogens is 256 g/mol. The third-order valence-electron chi connectivity index (χ3n) is 2.58. The van der Waals surface area contributed by atoms with Crippen molar-refractivity contribution in [2.75, 3.05) is 19.8 Å². The Morgan fingerprint density at radius 1 is 1.15 bits per heavy atom. The standard InChI is InChI=1S/C16H22O4/c1-4-18-15(19-5-2)11-13(3)12-20-16(17)14-9-7-6-8-10-14/h6-10,15H,3-5,11-12H2,1-2H3. The second-order valence-corrected chi connectivity index (χ2v) is 4.24. The van der Waals surface area contributed by atoms with Crippen LogP contribution in [0.15, 0.2) is 42.5 Å². The number of carbonyl (C=O) groups excluding carboxylic acids is 1. The van der Waals surface area contributed by atoms with Gasteiger partial charge < -0.3 is 14.2 Å². The monoisotopic (exact) mass is 278 g/mol. The highest BCUT2D eigenvalue weighted by molar-refractivity contribution is 5.89. The second kappa shape index (κ2) is 9.28. The molecule has 1 rings (SSSR count). The molecule has 4 heteroatoms. The Kier molecular flexibility index (Phi) is 7.62. The number of hydrogen-bond donors (Lipinski definition) is 0. The lowest BCUT2D eigenvalue weighted by Crippen LogP contribution is -2.19. The quantitative estimate of drug-likeness (QED) is 0.395. The van der Waals surface area contributed by atoms with Gasteiger partial charge in [-0.1, -0.05) is 24.8 Å². The van der Waals surface area contributed by atoms with Crippen LogP contribution in [0.3, 0.4) is 0 Å². The third-order valence-corrected chi connectivity index (χ3v) is 2.58. The smallest absolute Gasteiger partial charge is 0.338 e. The Morgan fingerprint density at radius 2 is 1.75 bits per heavy atom. The van der Waals surface area contributed by atoms with E-state index in [9.17, 15) is 4.79 Å². The van der Waals surface area contributed by atoms with Gasteiger partial charge in [-0.05, 0) is 31.6 Å². The van der Waals surface area contributed by atoms with E-state index < -0.39 is 0 Å². The molecule has 4 nitrogen and oxygen atoms in total. The van der Waals surface area contributed by atoms with Gasteiger partial charge in [-0.3, -0.25) is 0 Å². The maximum atomic E-state index is 11.8. The summed E-state index contributed by atoms with van der Waals surface area (Å²) in [6.07, 6.45) is 0.192. The average Bonchev–Trinajstić information content (AvgIpc) is 2.46. The van der Waals surface area contributed by atoms with Crippen LogP contribution in [0.25, 0.3) is 0 Å². The Morgan fingerprint density at radius 3 is 2.30 bits per heavy atom. The maximum Gasteiger partial charge on any atom is 0.338 e. The molecule has 0 N–H and O–H groups in total. The SMILES string of the molecule is C=C(COC(=O)c1ccccc1)CC(OCC)OCC. The van der Waals surface area contributed by atoms with E-state index in [1.807, 2.05) is 19.9 Å². The first-order chi connectivity index (χ1) is 9.67. The van der Waals surface area contributed by atoms with Gasteiger partial charge in [0.05, 0.1) is 5.56 Å². The van der Waals surface area contributed by atoms with Crippen LogP contribution in [-0.2, 0) is 14.2 Å². The fourth-order valence-corrected chi connectivity index (χ4v) is 1.66. The van der Waals surface area contributed by atoms with Crippen molar-refractivity contribution >= 4 is 5.97 Å². The van der Waals surface area contributed by atoms with Crippen LogP contribution in [-0.4, -0.2) is 32.1 Å². The van der Waals surface area contributed by atoms with E-state index in [-0.39, 0.29) is 18.9 Å². The van der Waals surface area contributed by atoms with Crippen molar-refractivity contribution in [3.8, 4) is 0 Å². The Labute approximate surface area is 120 Å². The summed E-state index contributed by atoms with van der Waals surface area (Å²) in [6, 6.07) is 8.88. The van der Waals surface area contributed by atoms with Crippen molar-refractivity contribution in [2.24, 2.45) is 0 Å². The lowest BCUT2D eigenvalue weighted by molar-refractivity contribution is -0.135. The number of carbonyl (C=O) groups is 1. The first-order valence-electron chi connectivity index (χ1n) is 6.79.